The van der Waals surface area contributed by atoms with Crippen LogP contribution in [0.2, 0.25) is 0 Å². The number of carbonyl (C=O) groups is 3. The van der Waals surface area contributed by atoms with Crippen LogP contribution in [0, 0.1) is 0 Å². The van der Waals surface area contributed by atoms with Crippen LogP contribution in [-0.2, 0) is 20.9 Å². The van der Waals surface area contributed by atoms with E-state index < -0.39 is 5.97 Å². The van der Waals surface area contributed by atoms with Gasteiger partial charge in [0.15, 0.2) is 0 Å². The van der Waals surface area contributed by atoms with Gasteiger partial charge in [0.05, 0.1) is 0 Å². The van der Waals surface area contributed by atoms with E-state index in [-0.39, 0.29) is 30.7 Å². The highest BCUT2D eigenvalue weighted by Crippen LogP contribution is 2.08. The van der Waals surface area contributed by atoms with Crippen molar-refractivity contribution in [3.63, 3.8) is 0 Å². The van der Waals surface area contributed by atoms with E-state index in [0.717, 1.165) is 24.8 Å². The molecule has 1 atom stereocenters. The fourth-order valence-electron chi connectivity index (χ4n) is 2.63. The van der Waals surface area contributed by atoms with Gasteiger partial charge in [0, 0.05) is 31.8 Å². The van der Waals surface area contributed by atoms with Gasteiger partial charge in [-0.25, -0.2) is 0 Å². The van der Waals surface area contributed by atoms with Gasteiger partial charge in [-0.15, -0.1) is 0 Å². The maximum Gasteiger partial charge on any atom is 0.303 e. The van der Waals surface area contributed by atoms with Gasteiger partial charge in [-0.3, -0.25) is 14.4 Å². The van der Waals surface area contributed by atoms with Crippen LogP contribution >= 0.6 is 0 Å². The molecule has 1 rings (SSSR count). The first-order valence-corrected chi connectivity index (χ1v) is 9.33. The highest BCUT2D eigenvalue weighted by Gasteiger charge is 2.14. The second-order valence-corrected chi connectivity index (χ2v) is 6.45. The van der Waals surface area contributed by atoms with Gasteiger partial charge < -0.3 is 15.7 Å². The summed E-state index contributed by atoms with van der Waals surface area (Å²) in [6.45, 7) is 2.55. The smallest absolute Gasteiger partial charge is 0.303 e. The van der Waals surface area contributed by atoms with E-state index in [1.807, 2.05) is 30.3 Å². The van der Waals surface area contributed by atoms with Crippen LogP contribution in [0.15, 0.2) is 30.3 Å². The van der Waals surface area contributed by atoms with Crippen LogP contribution in [-0.4, -0.2) is 28.9 Å². The van der Waals surface area contributed by atoms with Crippen molar-refractivity contribution < 1.29 is 19.5 Å². The Morgan fingerprint density at radius 3 is 2.31 bits per heavy atom. The van der Waals surface area contributed by atoms with E-state index in [0.29, 0.717) is 25.8 Å². The van der Waals surface area contributed by atoms with Gasteiger partial charge >= 0.3 is 5.97 Å². The highest BCUT2D eigenvalue weighted by molar-refractivity contribution is 5.79. The summed E-state index contributed by atoms with van der Waals surface area (Å²) < 4.78 is 0. The zero-order valence-corrected chi connectivity index (χ0v) is 15.5. The third-order valence-electron chi connectivity index (χ3n) is 4.12. The number of hydrogen-bond acceptors (Lipinski definition) is 3. The average molecular weight is 362 g/mol. The fraction of sp³-hybridized carbons (Fsp3) is 0.550. The molecular formula is C20H30N2O4. The molecule has 6 nitrogen and oxygen atoms in total. The quantitative estimate of drug-likeness (QED) is 0.503. The van der Waals surface area contributed by atoms with Crippen molar-refractivity contribution in [2.75, 3.05) is 0 Å². The average Bonchev–Trinajstić information content (AvgIpc) is 2.63. The zero-order chi connectivity index (χ0) is 19.2. The van der Waals surface area contributed by atoms with Gasteiger partial charge in [-0.2, -0.15) is 0 Å². The molecule has 0 saturated carbocycles. The molecule has 0 radical (unpaired) electrons. The number of nitrogens with one attached hydrogen (secondary N) is 2. The molecule has 0 aliphatic heterocycles. The van der Waals surface area contributed by atoms with Crippen LogP contribution < -0.4 is 10.6 Å². The second kappa shape index (κ2) is 12.9. The SMILES string of the molecule is CCCC[C@H](CCC(=O)O)NC(=O)CCCC(=O)NCc1ccccc1. The summed E-state index contributed by atoms with van der Waals surface area (Å²) in [5.74, 6) is -1.04. The molecule has 26 heavy (non-hydrogen) atoms. The number of amides is 2. The number of carboxylic acid groups (broad SMARTS) is 1. The summed E-state index contributed by atoms with van der Waals surface area (Å²) in [6.07, 6.45) is 4.28. The summed E-state index contributed by atoms with van der Waals surface area (Å²) in [5, 5.41) is 14.5. The number of unbranched alkanes of at least 4 members (excludes halogenated alkanes) is 1. The fourth-order valence-corrected chi connectivity index (χ4v) is 2.63. The maximum absolute atomic E-state index is 12.0. The number of benzene rings is 1. The Hall–Kier alpha value is -2.37. The summed E-state index contributed by atoms with van der Waals surface area (Å²) in [5.41, 5.74) is 1.04. The van der Waals surface area contributed by atoms with Crippen LogP contribution in [0.4, 0.5) is 0 Å². The van der Waals surface area contributed by atoms with Crippen molar-refractivity contribution in [3.05, 3.63) is 35.9 Å². The third kappa shape index (κ3) is 10.5. The number of aliphatic carboxylic acids is 1. The molecule has 0 aliphatic carbocycles. The first-order chi connectivity index (χ1) is 12.5. The molecule has 1 aromatic rings. The first kappa shape index (κ1) is 21.7. The number of carbonyl (C=O) groups excluding carboxylic acids is 2. The van der Waals surface area contributed by atoms with E-state index in [4.69, 9.17) is 5.11 Å². The summed E-state index contributed by atoms with van der Waals surface area (Å²) in [7, 11) is 0. The Kier molecular flexibility index (Phi) is 10.8. The lowest BCUT2D eigenvalue weighted by atomic mass is 10.0. The molecule has 0 spiro atoms. The standard InChI is InChI=1S/C20H30N2O4/c1-2-3-10-17(13-14-20(25)26)22-19(24)12-7-11-18(23)21-15-16-8-5-4-6-9-16/h4-6,8-9,17H,2-3,7,10-15H2,1H3,(H,21,23)(H,22,24)(H,25,26)/t17-/m1/s1. The van der Waals surface area contributed by atoms with Crippen LogP contribution in [0.3, 0.4) is 0 Å². The summed E-state index contributed by atoms with van der Waals surface area (Å²) >= 11 is 0. The van der Waals surface area contributed by atoms with Gasteiger partial charge in [-0.1, -0.05) is 50.1 Å². The molecule has 3 N–H and O–H groups in total. The maximum atomic E-state index is 12.0. The summed E-state index contributed by atoms with van der Waals surface area (Å²) in [6, 6.07) is 9.55. The van der Waals surface area contributed by atoms with Crippen molar-refractivity contribution in [3.8, 4) is 0 Å². The number of rotatable bonds is 13. The molecule has 0 aromatic heterocycles. The minimum Gasteiger partial charge on any atom is -0.481 e. The van der Waals surface area contributed by atoms with Gasteiger partial charge in [-0.05, 0) is 24.8 Å². The minimum atomic E-state index is -0.851. The van der Waals surface area contributed by atoms with Crippen LogP contribution in [0.1, 0.15) is 63.9 Å². The Bertz CT molecular complexity index is 560. The van der Waals surface area contributed by atoms with Gasteiger partial charge in [0.2, 0.25) is 11.8 Å². The topological polar surface area (TPSA) is 95.5 Å². The van der Waals surface area contributed by atoms with E-state index in [1.165, 1.54) is 0 Å². The van der Waals surface area contributed by atoms with Gasteiger partial charge in [0.1, 0.15) is 0 Å². The Labute approximate surface area is 155 Å². The molecule has 144 valence electrons. The molecule has 0 aliphatic rings. The molecule has 1 aromatic carbocycles. The number of carboxylic acids is 1. The van der Waals surface area contributed by atoms with Crippen molar-refractivity contribution in [2.24, 2.45) is 0 Å². The van der Waals surface area contributed by atoms with Crippen LogP contribution in [0.5, 0.6) is 0 Å². The lowest BCUT2D eigenvalue weighted by Crippen LogP contribution is -2.35. The minimum absolute atomic E-state index is 0.0521. The normalized spacial score (nSPS) is 11.6. The summed E-state index contributed by atoms with van der Waals surface area (Å²) in [4.78, 5) is 34.6. The van der Waals surface area contributed by atoms with Crippen molar-refractivity contribution in [1.82, 2.24) is 10.6 Å². The van der Waals surface area contributed by atoms with E-state index in [1.54, 1.807) is 0 Å². The monoisotopic (exact) mass is 362 g/mol. The van der Waals surface area contributed by atoms with Crippen molar-refractivity contribution in [2.45, 2.75) is 70.9 Å². The Morgan fingerprint density at radius 1 is 0.962 bits per heavy atom. The predicted molar refractivity (Wildman–Crippen MR) is 100 cm³/mol. The molecule has 6 heteroatoms. The third-order valence-corrected chi connectivity index (χ3v) is 4.12. The Balaban J connectivity index is 2.23. The zero-order valence-electron chi connectivity index (χ0n) is 15.5. The molecule has 2 amide bonds. The lowest BCUT2D eigenvalue weighted by molar-refractivity contribution is -0.137. The molecule has 0 heterocycles. The molecule has 0 bridgehead atoms. The lowest BCUT2D eigenvalue weighted by Gasteiger charge is -2.17. The molecule has 0 unspecified atom stereocenters. The molecular weight excluding hydrogens is 332 g/mol. The second-order valence-electron chi connectivity index (χ2n) is 6.45. The van der Waals surface area contributed by atoms with Crippen molar-refractivity contribution in [1.29, 1.82) is 0 Å². The number of hydrogen-bond donors (Lipinski definition) is 3. The van der Waals surface area contributed by atoms with Crippen molar-refractivity contribution >= 4 is 17.8 Å². The van der Waals surface area contributed by atoms with Gasteiger partial charge in [0.25, 0.3) is 0 Å². The molecule has 0 fully saturated rings. The van der Waals surface area contributed by atoms with E-state index in [9.17, 15) is 14.4 Å². The Morgan fingerprint density at radius 2 is 1.65 bits per heavy atom. The van der Waals surface area contributed by atoms with E-state index in [2.05, 4.69) is 17.6 Å². The predicted octanol–water partition coefficient (Wildman–Crippen LogP) is 3.01. The molecule has 0 saturated heterocycles. The first-order valence-electron chi connectivity index (χ1n) is 9.33. The highest BCUT2D eigenvalue weighted by atomic mass is 16.4. The largest absolute Gasteiger partial charge is 0.481 e. The van der Waals surface area contributed by atoms with Crippen LogP contribution in [0.25, 0.3) is 0 Å². The van der Waals surface area contributed by atoms with E-state index >= 15 is 0 Å².